The van der Waals surface area contributed by atoms with Crippen LogP contribution in [0.25, 0.3) is 0 Å². The zero-order valence-electron chi connectivity index (χ0n) is 24.2. The van der Waals surface area contributed by atoms with Crippen LogP contribution in [0.2, 0.25) is 0 Å². The summed E-state index contributed by atoms with van der Waals surface area (Å²) in [6.07, 6.45) is 2.23. The maximum Gasteiger partial charge on any atom is 0.352 e. The van der Waals surface area contributed by atoms with Gasteiger partial charge in [-0.1, -0.05) is 5.16 Å². The summed E-state index contributed by atoms with van der Waals surface area (Å²) >= 11 is 2.16. The highest BCUT2D eigenvalue weighted by atomic mass is 32.3. The summed E-state index contributed by atoms with van der Waals surface area (Å²) in [7, 11) is -2.00. The van der Waals surface area contributed by atoms with Crippen LogP contribution < -0.4 is 37.8 Å². The monoisotopic (exact) mass is 705 g/mol. The predicted octanol–water partition coefficient (Wildman–Crippen LogP) is -3.83. The number of carboxylic acid groups (broad SMARTS) is 1. The third-order valence-corrected chi connectivity index (χ3v) is 8.26. The van der Waals surface area contributed by atoms with Gasteiger partial charge >= 0.3 is 5.97 Å². The topological polar surface area (TPSA) is 351 Å². The molecule has 2 aromatic heterocycles. The number of nitrogens with one attached hydrogen (secondary N) is 2. The maximum absolute atomic E-state index is 13.1. The molecule has 1 saturated heterocycles. The number of hydrogen-bond acceptors (Lipinski definition) is 16. The van der Waals surface area contributed by atoms with Crippen molar-refractivity contribution >= 4 is 79.8 Å². The highest BCUT2D eigenvalue weighted by molar-refractivity contribution is 8.00. The van der Waals surface area contributed by atoms with E-state index in [1.807, 2.05) is 0 Å². The van der Waals surface area contributed by atoms with Crippen LogP contribution in [-0.4, -0.2) is 108 Å². The fourth-order valence-corrected chi connectivity index (χ4v) is 6.16. The molecule has 2 atom stereocenters. The zero-order chi connectivity index (χ0) is 34.5. The first-order chi connectivity index (χ1) is 21.5. The molecule has 25 heteroatoms. The number of oxime groups is 1. The SMILES string of the molecule is CO/N=C(/C(=O)N[C@@H]1C(=O)N2C(C(=O)O)=C(C[n+]3cc(N(CCCN)C(=N)N)c(N)n3C)CSC12)c1nsc(N)n1.O=S(=O)([O-])O. The van der Waals surface area contributed by atoms with Gasteiger partial charge in [-0.2, -0.15) is 9.36 Å². The Morgan fingerprint density at radius 3 is 2.57 bits per heavy atom. The summed E-state index contributed by atoms with van der Waals surface area (Å²) in [5.41, 5.74) is 23.7. The van der Waals surface area contributed by atoms with E-state index in [0.29, 0.717) is 36.6 Å². The average Bonchev–Trinajstić information content (AvgIpc) is 3.51. The molecule has 2 aromatic rings. The van der Waals surface area contributed by atoms with E-state index >= 15 is 0 Å². The van der Waals surface area contributed by atoms with Crippen molar-refractivity contribution in [1.82, 2.24) is 24.3 Å². The molecule has 0 saturated carbocycles. The predicted molar refractivity (Wildman–Crippen MR) is 163 cm³/mol. The Morgan fingerprint density at radius 2 is 2.04 bits per heavy atom. The summed E-state index contributed by atoms with van der Waals surface area (Å²) in [6, 6.07) is -1.02. The lowest BCUT2D eigenvalue weighted by Crippen LogP contribution is -2.71. The van der Waals surface area contributed by atoms with Crippen LogP contribution in [0.1, 0.15) is 12.2 Å². The number of hydrogen-bond donors (Lipinski definition) is 8. The normalized spacial score (nSPS) is 17.8. The van der Waals surface area contributed by atoms with Crippen molar-refractivity contribution < 1.29 is 46.5 Å². The maximum atomic E-state index is 13.1. The van der Waals surface area contributed by atoms with E-state index in [4.69, 9.17) is 50.7 Å². The summed E-state index contributed by atoms with van der Waals surface area (Å²) in [6.45, 7) is 0.859. The molecule has 4 heterocycles. The van der Waals surface area contributed by atoms with Crippen molar-refractivity contribution in [2.75, 3.05) is 42.3 Å². The molecular weight excluding hydrogens is 675 g/mol. The number of nitrogen functional groups attached to an aromatic ring is 2. The Bertz CT molecular complexity index is 1680. The molecular formula is C21H31N13O9S3. The molecule has 22 nitrogen and oxygen atoms in total. The van der Waals surface area contributed by atoms with Crippen LogP contribution in [0, 0.1) is 5.41 Å². The number of fused-ring (bicyclic) bond motifs is 1. The molecule has 0 bridgehead atoms. The minimum absolute atomic E-state index is 0.0650. The van der Waals surface area contributed by atoms with Gasteiger partial charge in [0.25, 0.3) is 11.8 Å². The van der Waals surface area contributed by atoms with Gasteiger partial charge in [0.05, 0.1) is 7.05 Å². The molecule has 4 rings (SSSR count). The lowest BCUT2D eigenvalue weighted by atomic mass is 10.0. The number of aliphatic carboxylic acids is 1. The highest BCUT2D eigenvalue weighted by Gasteiger charge is 2.55. The first kappa shape index (κ1) is 35.9. The lowest BCUT2D eigenvalue weighted by Gasteiger charge is -2.49. The third-order valence-electron chi connectivity index (χ3n) is 6.38. The second kappa shape index (κ2) is 14.7. The summed E-state index contributed by atoms with van der Waals surface area (Å²) in [5.74, 6) is -2.38. The van der Waals surface area contributed by atoms with Gasteiger partial charge < -0.3 is 47.6 Å². The number of anilines is 3. The Kier molecular flexibility index (Phi) is 11.5. The van der Waals surface area contributed by atoms with Gasteiger partial charge in [-0.15, -0.1) is 21.1 Å². The molecule has 0 aromatic carbocycles. The number of carboxylic acids is 1. The second-order valence-electron chi connectivity index (χ2n) is 9.32. The fraction of sp³-hybridized carbons (Fsp3) is 0.429. The fourth-order valence-electron chi connectivity index (χ4n) is 4.39. The molecule has 252 valence electrons. The van der Waals surface area contributed by atoms with E-state index in [1.165, 1.54) is 23.8 Å². The number of aromatic nitrogens is 4. The van der Waals surface area contributed by atoms with Crippen LogP contribution in [0.5, 0.6) is 0 Å². The standard InChI is InChI=1S/C21H29N13O5S2.H2O4S/c1-31-14(23)10(33(20(24)25)5-3-4-22)7-32(31)6-9-8-40-18-12(17(36)34(18)13(9)19(37)38)27-16(35)11(29-39-2)15-28-21(26)41-30-15;1-5(2,3)4/h7,12,18,23H,3-6,8,22H2,1-2H3,(H7,24,25,26,27,28,30,35,37,38);(H2,1,2,3,4)/b29-11+;/t12-,18?;/m1./s1. The molecule has 0 spiro atoms. The van der Waals surface area contributed by atoms with E-state index in [2.05, 4.69) is 19.8 Å². The molecule has 0 aliphatic carbocycles. The minimum Gasteiger partial charge on any atom is -0.726 e. The van der Waals surface area contributed by atoms with Crippen LogP contribution in [0.3, 0.4) is 0 Å². The van der Waals surface area contributed by atoms with Crippen LogP contribution in [-0.2, 0) is 43.2 Å². The Labute approximate surface area is 269 Å². The second-order valence-corrected chi connectivity index (χ2v) is 12.1. The Balaban J connectivity index is 0.00000107. The Hall–Kier alpha value is -4.56. The first-order valence-electron chi connectivity index (χ1n) is 12.8. The largest absolute Gasteiger partial charge is 0.726 e. The van der Waals surface area contributed by atoms with E-state index < -0.39 is 39.6 Å². The third kappa shape index (κ3) is 8.17. The van der Waals surface area contributed by atoms with Gasteiger partial charge in [0.15, 0.2) is 29.1 Å². The van der Waals surface area contributed by atoms with Crippen LogP contribution in [0.4, 0.5) is 16.6 Å². The van der Waals surface area contributed by atoms with E-state index in [1.54, 1.807) is 22.6 Å². The smallest absolute Gasteiger partial charge is 0.352 e. The molecule has 0 radical (unpaired) electrons. The summed E-state index contributed by atoms with van der Waals surface area (Å²) < 4.78 is 40.1. The lowest BCUT2D eigenvalue weighted by molar-refractivity contribution is -0.765. The molecule has 46 heavy (non-hydrogen) atoms. The Morgan fingerprint density at radius 1 is 1.39 bits per heavy atom. The summed E-state index contributed by atoms with van der Waals surface area (Å²) in [5, 5.41) is 23.7. The van der Waals surface area contributed by atoms with Crippen molar-refractivity contribution in [2.45, 2.75) is 24.4 Å². The van der Waals surface area contributed by atoms with E-state index in [-0.39, 0.29) is 40.6 Å². The van der Waals surface area contributed by atoms with Crippen LogP contribution >= 0.6 is 23.3 Å². The van der Waals surface area contributed by atoms with Gasteiger partial charge in [-0.25, -0.2) is 13.2 Å². The van der Waals surface area contributed by atoms with Crippen molar-refractivity contribution in [3.05, 3.63) is 23.3 Å². The quantitative estimate of drug-likeness (QED) is 0.0211. The number of guanidine groups is 1. The number of carbonyl (C=O) groups is 3. The number of β-lactam (4-membered cyclic amide) rings is 1. The highest BCUT2D eigenvalue weighted by Crippen LogP contribution is 2.40. The number of carbonyl (C=O) groups excluding carboxylic acids is 2. The van der Waals surface area contributed by atoms with Gasteiger partial charge in [0.2, 0.25) is 28.1 Å². The van der Waals surface area contributed by atoms with Crippen molar-refractivity contribution in [2.24, 2.45) is 23.7 Å². The van der Waals surface area contributed by atoms with Gasteiger partial charge in [0, 0.05) is 29.4 Å². The minimum atomic E-state index is -4.92. The number of thioether (sulfide) groups is 1. The van der Waals surface area contributed by atoms with Gasteiger partial charge in [0.1, 0.15) is 24.2 Å². The molecule has 12 N–H and O–H groups in total. The van der Waals surface area contributed by atoms with Gasteiger partial charge in [-0.05, 0) is 13.0 Å². The van der Waals surface area contributed by atoms with Crippen molar-refractivity contribution in [3.63, 3.8) is 0 Å². The average molecular weight is 706 g/mol. The number of rotatable bonds is 11. The number of nitrogens with two attached hydrogens (primary N) is 4. The van der Waals surface area contributed by atoms with Gasteiger partial charge in [-0.3, -0.25) is 24.5 Å². The van der Waals surface area contributed by atoms with E-state index in [9.17, 15) is 19.5 Å². The van der Waals surface area contributed by atoms with Crippen molar-refractivity contribution in [3.8, 4) is 0 Å². The molecule has 2 aliphatic rings. The summed E-state index contributed by atoms with van der Waals surface area (Å²) in [4.78, 5) is 49.8. The first-order valence-corrected chi connectivity index (χ1v) is 15.9. The molecule has 1 fully saturated rings. The number of amides is 2. The van der Waals surface area contributed by atoms with Crippen molar-refractivity contribution in [1.29, 1.82) is 5.41 Å². The van der Waals surface area contributed by atoms with E-state index in [0.717, 1.165) is 16.4 Å². The molecule has 2 amide bonds. The molecule has 1 unspecified atom stereocenters. The van der Waals surface area contributed by atoms with Crippen LogP contribution in [0.15, 0.2) is 22.6 Å². The number of nitrogens with zero attached hydrogens (tertiary/aromatic N) is 7. The molecule has 2 aliphatic heterocycles. The zero-order valence-corrected chi connectivity index (χ0v) is 26.6.